The van der Waals surface area contributed by atoms with Crippen LogP contribution in [0.5, 0.6) is 0 Å². The number of halogens is 2. The van der Waals surface area contributed by atoms with Crippen molar-refractivity contribution in [2.24, 2.45) is 0 Å². The van der Waals surface area contributed by atoms with Gasteiger partial charge in [0.25, 0.3) is 11.8 Å². The Morgan fingerprint density at radius 2 is 1.60 bits per heavy atom. The van der Waals surface area contributed by atoms with Crippen LogP contribution in [0.1, 0.15) is 27.3 Å². The highest BCUT2D eigenvalue weighted by molar-refractivity contribution is 6.33. The fourth-order valence-electron chi connectivity index (χ4n) is 3.42. The smallest absolute Gasteiger partial charge is 0.276 e. The molecule has 8 heteroatoms. The van der Waals surface area contributed by atoms with Crippen LogP contribution < -0.4 is 0 Å². The maximum Gasteiger partial charge on any atom is 0.276 e. The lowest BCUT2D eigenvalue weighted by molar-refractivity contribution is 0.0713. The van der Waals surface area contributed by atoms with Crippen molar-refractivity contribution in [2.45, 2.75) is 6.42 Å². The molecule has 0 radical (unpaired) electrons. The van der Waals surface area contributed by atoms with E-state index < -0.39 is 0 Å². The van der Waals surface area contributed by atoms with Crippen LogP contribution in [0.2, 0.25) is 5.02 Å². The van der Waals surface area contributed by atoms with Crippen LogP contribution in [-0.2, 0) is 0 Å². The first-order valence-corrected chi connectivity index (χ1v) is 9.96. The topological polar surface area (TPSA) is 66.7 Å². The van der Waals surface area contributed by atoms with Gasteiger partial charge in [-0.25, -0.2) is 4.39 Å². The number of carbonyl (C=O) groups is 2. The highest BCUT2D eigenvalue weighted by atomic mass is 35.5. The number of amides is 2. The molecule has 1 aliphatic heterocycles. The highest BCUT2D eigenvalue weighted by Crippen LogP contribution is 2.28. The van der Waals surface area contributed by atoms with Crippen molar-refractivity contribution in [1.82, 2.24) is 15.0 Å². The summed E-state index contributed by atoms with van der Waals surface area (Å²) in [5.74, 6) is -0.394. The fourth-order valence-corrected chi connectivity index (χ4v) is 3.65. The molecule has 0 atom stereocenters. The van der Waals surface area contributed by atoms with Gasteiger partial charge in [0.2, 0.25) is 0 Å². The number of carbonyl (C=O) groups excluding carboxylic acids is 2. The maximum atomic E-state index is 13.1. The molecule has 0 unspecified atom stereocenters. The zero-order valence-corrected chi connectivity index (χ0v) is 16.8. The van der Waals surface area contributed by atoms with Gasteiger partial charge in [0.05, 0.1) is 5.02 Å². The van der Waals surface area contributed by atoms with Gasteiger partial charge < -0.3 is 14.3 Å². The number of hydrogen-bond acceptors (Lipinski definition) is 4. The zero-order chi connectivity index (χ0) is 21.1. The van der Waals surface area contributed by atoms with E-state index in [1.54, 1.807) is 28.0 Å². The summed E-state index contributed by atoms with van der Waals surface area (Å²) in [6.07, 6.45) is 0.633. The molecule has 6 nitrogen and oxygen atoms in total. The van der Waals surface area contributed by atoms with Gasteiger partial charge in [-0.05, 0) is 42.8 Å². The van der Waals surface area contributed by atoms with E-state index in [2.05, 4.69) is 5.16 Å². The Balaban J connectivity index is 1.43. The standard InChI is InChI=1S/C22H19ClFN3O3/c23-18-5-2-1-4-17(18)20-14-19(25-30-20)22(29)27-11-3-10-26(12-13-27)21(28)15-6-8-16(24)9-7-15/h1-2,4-9,14H,3,10-13H2. The van der Waals surface area contributed by atoms with Gasteiger partial charge in [0.15, 0.2) is 11.5 Å². The minimum absolute atomic E-state index is 0.174. The van der Waals surface area contributed by atoms with Gasteiger partial charge in [-0.15, -0.1) is 0 Å². The molecule has 0 N–H and O–H groups in total. The molecule has 4 rings (SSSR count). The second-order valence-corrected chi connectivity index (χ2v) is 7.41. The summed E-state index contributed by atoms with van der Waals surface area (Å²) in [5.41, 5.74) is 1.29. The van der Waals surface area contributed by atoms with Gasteiger partial charge in [0, 0.05) is 43.4 Å². The van der Waals surface area contributed by atoms with Crippen molar-refractivity contribution >= 4 is 23.4 Å². The van der Waals surface area contributed by atoms with E-state index in [9.17, 15) is 14.0 Å². The van der Waals surface area contributed by atoms with Crippen LogP contribution in [0.4, 0.5) is 4.39 Å². The molecule has 3 aromatic rings. The Kier molecular flexibility index (Phi) is 5.81. The lowest BCUT2D eigenvalue weighted by atomic mass is 10.1. The minimum Gasteiger partial charge on any atom is -0.355 e. The van der Waals surface area contributed by atoms with Crippen LogP contribution >= 0.6 is 11.6 Å². The third-order valence-corrected chi connectivity index (χ3v) is 5.36. The van der Waals surface area contributed by atoms with Crippen LogP contribution in [0.25, 0.3) is 11.3 Å². The van der Waals surface area contributed by atoms with Crippen LogP contribution in [0.15, 0.2) is 59.1 Å². The van der Waals surface area contributed by atoms with Gasteiger partial charge in [-0.1, -0.05) is 28.9 Å². The van der Waals surface area contributed by atoms with E-state index in [-0.39, 0.29) is 23.3 Å². The van der Waals surface area contributed by atoms with Crippen LogP contribution in [0.3, 0.4) is 0 Å². The molecule has 1 fully saturated rings. The molecule has 2 amide bonds. The Morgan fingerprint density at radius 3 is 2.30 bits per heavy atom. The van der Waals surface area contributed by atoms with Crippen LogP contribution in [0, 0.1) is 5.82 Å². The third kappa shape index (κ3) is 4.21. The Hall–Kier alpha value is -3.19. The number of benzene rings is 2. The monoisotopic (exact) mass is 427 g/mol. The first-order valence-electron chi connectivity index (χ1n) is 9.58. The number of aromatic nitrogens is 1. The molecule has 1 aliphatic rings. The van der Waals surface area contributed by atoms with Crippen molar-refractivity contribution in [3.63, 3.8) is 0 Å². The third-order valence-electron chi connectivity index (χ3n) is 5.03. The second-order valence-electron chi connectivity index (χ2n) is 7.00. The van der Waals surface area contributed by atoms with Crippen LogP contribution in [-0.4, -0.2) is 52.9 Å². The summed E-state index contributed by atoms with van der Waals surface area (Å²) in [4.78, 5) is 28.9. The summed E-state index contributed by atoms with van der Waals surface area (Å²) in [7, 11) is 0. The van der Waals surface area contributed by atoms with E-state index in [0.717, 1.165) is 0 Å². The molecule has 0 bridgehead atoms. The van der Waals surface area contributed by atoms with E-state index in [4.69, 9.17) is 16.1 Å². The lowest BCUT2D eigenvalue weighted by Crippen LogP contribution is -2.37. The first kappa shape index (κ1) is 20.1. The summed E-state index contributed by atoms with van der Waals surface area (Å²) in [5, 5.41) is 4.42. The largest absolute Gasteiger partial charge is 0.355 e. The molecular formula is C22H19ClFN3O3. The van der Waals surface area contributed by atoms with Gasteiger partial charge >= 0.3 is 0 Å². The Labute approximate surface area is 177 Å². The molecule has 1 aromatic heterocycles. The zero-order valence-electron chi connectivity index (χ0n) is 16.1. The summed E-state index contributed by atoms with van der Waals surface area (Å²) in [6.45, 7) is 1.78. The van der Waals surface area contributed by atoms with Gasteiger partial charge in [-0.2, -0.15) is 0 Å². The molecule has 154 valence electrons. The van der Waals surface area contributed by atoms with Crippen molar-refractivity contribution in [2.75, 3.05) is 26.2 Å². The molecule has 1 saturated heterocycles. The van der Waals surface area contributed by atoms with E-state index in [0.29, 0.717) is 54.5 Å². The second kappa shape index (κ2) is 8.67. The predicted octanol–water partition coefficient (Wildman–Crippen LogP) is 4.12. The summed E-state index contributed by atoms with van der Waals surface area (Å²) >= 11 is 6.18. The van der Waals surface area contributed by atoms with Gasteiger partial charge in [0.1, 0.15) is 5.82 Å². The van der Waals surface area contributed by atoms with Crippen molar-refractivity contribution in [3.8, 4) is 11.3 Å². The first-order chi connectivity index (χ1) is 14.5. The number of rotatable bonds is 3. The predicted molar refractivity (Wildman–Crippen MR) is 110 cm³/mol. The van der Waals surface area contributed by atoms with E-state index in [1.165, 1.54) is 24.3 Å². The fraction of sp³-hybridized carbons (Fsp3) is 0.227. The van der Waals surface area contributed by atoms with Crippen molar-refractivity contribution < 1.29 is 18.5 Å². The maximum absolute atomic E-state index is 13.1. The Bertz CT molecular complexity index is 1070. The lowest BCUT2D eigenvalue weighted by Gasteiger charge is -2.21. The van der Waals surface area contributed by atoms with Gasteiger partial charge in [-0.3, -0.25) is 9.59 Å². The minimum atomic E-state index is -0.386. The molecule has 2 aromatic carbocycles. The average molecular weight is 428 g/mol. The summed E-state index contributed by atoms with van der Waals surface area (Å²) < 4.78 is 18.4. The molecule has 30 heavy (non-hydrogen) atoms. The quantitative estimate of drug-likeness (QED) is 0.630. The summed E-state index contributed by atoms with van der Waals surface area (Å²) in [6, 6.07) is 14.2. The van der Waals surface area contributed by atoms with Crippen molar-refractivity contribution in [3.05, 3.63) is 76.7 Å². The Morgan fingerprint density at radius 1 is 0.933 bits per heavy atom. The van der Waals surface area contributed by atoms with E-state index >= 15 is 0 Å². The molecule has 0 aliphatic carbocycles. The average Bonchev–Trinajstić information content (AvgIpc) is 3.11. The highest BCUT2D eigenvalue weighted by Gasteiger charge is 2.25. The molecule has 0 saturated carbocycles. The molecular weight excluding hydrogens is 409 g/mol. The normalized spacial score (nSPS) is 14.5. The number of hydrogen-bond donors (Lipinski definition) is 0. The molecule has 2 heterocycles. The number of nitrogens with zero attached hydrogens (tertiary/aromatic N) is 3. The van der Waals surface area contributed by atoms with Crippen molar-refractivity contribution in [1.29, 1.82) is 0 Å². The SMILES string of the molecule is O=C(c1ccc(F)cc1)N1CCCN(C(=O)c2cc(-c3ccccc3Cl)on2)CC1. The van der Waals surface area contributed by atoms with E-state index in [1.807, 2.05) is 12.1 Å². The molecule has 0 spiro atoms.